The molecule has 1 aliphatic heterocycles. The second-order valence-corrected chi connectivity index (χ2v) is 8.22. The van der Waals surface area contributed by atoms with Gasteiger partial charge in [0.1, 0.15) is 11.6 Å². The van der Waals surface area contributed by atoms with Crippen LogP contribution in [-0.4, -0.2) is 44.8 Å². The van der Waals surface area contributed by atoms with E-state index in [1.165, 1.54) is 0 Å². The van der Waals surface area contributed by atoms with Gasteiger partial charge in [-0.15, -0.1) is 0 Å². The molecule has 32 heavy (non-hydrogen) atoms. The molecule has 162 valence electrons. The number of anilines is 2. The lowest BCUT2D eigenvalue weighted by atomic mass is 10.0. The zero-order chi connectivity index (χ0) is 22.1. The molecule has 3 aromatic heterocycles. The molecule has 1 aliphatic rings. The van der Waals surface area contributed by atoms with Crippen LogP contribution in [-0.2, 0) is 7.05 Å². The van der Waals surface area contributed by atoms with Gasteiger partial charge in [0, 0.05) is 61.3 Å². The Morgan fingerprint density at radius 3 is 2.66 bits per heavy atom. The zero-order valence-electron chi connectivity index (χ0n) is 17.9. The van der Waals surface area contributed by atoms with Crippen molar-refractivity contribution in [2.45, 2.75) is 18.9 Å². The van der Waals surface area contributed by atoms with Crippen LogP contribution in [0.4, 0.5) is 11.6 Å². The van der Waals surface area contributed by atoms with Crippen molar-refractivity contribution in [2.75, 3.05) is 23.3 Å². The van der Waals surface area contributed by atoms with Gasteiger partial charge in [-0.25, -0.2) is 9.97 Å². The van der Waals surface area contributed by atoms with Gasteiger partial charge in [-0.1, -0.05) is 12.1 Å². The summed E-state index contributed by atoms with van der Waals surface area (Å²) in [5, 5.41) is 9.16. The highest BCUT2D eigenvalue weighted by Crippen LogP contribution is 2.25. The summed E-state index contributed by atoms with van der Waals surface area (Å²) >= 11 is 0. The third kappa shape index (κ3) is 4.17. The molecule has 1 saturated heterocycles. The molecule has 0 spiro atoms. The number of nitrogens with two attached hydrogens (primary N) is 1. The Labute approximate surface area is 186 Å². The van der Waals surface area contributed by atoms with Gasteiger partial charge in [0.25, 0.3) is 5.91 Å². The Morgan fingerprint density at radius 1 is 1.03 bits per heavy atom. The molecule has 0 aliphatic carbocycles. The van der Waals surface area contributed by atoms with E-state index in [1.807, 2.05) is 43.7 Å². The van der Waals surface area contributed by atoms with Gasteiger partial charge < -0.3 is 16.0 Å². The van der Waals surface area contributed by atoms with Crippen molar-refractivity contribution >= 4 is 28.3 Å². The van der Waals surface area contributed by atoms with Gasteiger partial charge in [0.2, 0.25) is 0 Å². The summed E-state index contributed by atoms with van der Waals surface area (Å²) in [5.41, 5.74) is 8.66. The fraction of sp³-hybridized carbons (Fsp3) is 0.250. The smallest absolute Gasteiger partial charge is 0.257 e. The van der Waals surface area contributed by atoms with Crippen LogP contribution >= 0.6 is 0 Å². The number of benzene rings is 1. The van der Waals surface area contributed by atoms with Crippen LogP contribution in [0.25, 0.3) is 21.9 Å². The lowest BCUT2D eigenvalue weighted by molar-refractivity contribution is 0.102. The van der Waals surface area contributed by atoms with E-state index in [-0.39, 0.29) is 11.9 Å². The van der Waals surface area contributed by atoms with E-state index in [4.69, 9.17) is 5.73 Å². The van der Waals surface area contributed by atoms with Gasteiger partial charge in [-0.2, -0.15) is 5.10 Å². The first kappa shape index (κ1) is 20.1. The van der Waals surface area contributed by atoms with Crippen LogP contribution in [0.15, 0.2) is 61.2 Å². The predicted octanol–water partition coefficient (Wildman–Crippen LogP) is 3.21. The lowest BCUT2D eigenvalue weighted by Gasteiger charge is -2.31. The molecule has 4 heterocycles. The molecule has 8 heteroatoms. The molecule has 0 atom stereocenters. The topological polar surface area (TPSA) is 102 Å². The van der Waals surface area contributed by atoms with Crippen molar-refractivity contribution in [3.8, 4) is 11.1 Å². The molecule has 0 bridgehead atoms. The summed E-state index contributed by atoms with van der Waals surface area (Å²) in [6.07, 6.45) is 9.12. The molecule has 5 rings (SSSR count). The van der Waals surface area contributed by atoms with Crippen LogP contribution in [0.3, 0.4) is 0 Å². The van der Waals surface area contributed by atoms with Crippen LogP contribution in [0.5, 0.6) is 0 Å². The van der Waals surface area contributed by atoms with Gasteiger partial charge in [-0.05, 0) is 48.1 Å². The first-order valence-electron chi connectivity index (χ1n) is 10.7. The van der Waals surface area contributed by atoms with Crippen LogP contribution in [0.2, 0.25) is 0 Å². The Bertz CT molecular complexity index is 1270. The van der Waals surface area contributed by atoms with Crippen molar-refractivity contribution in [2.24, 2.45) is 12.8 Å². The van der Waals surface area contributed by atoms with Crippen LogP contribution < -0.4 is 16.0 Å². The van der Waals surface area contributed by atoms with Gasteiger partial charge >= 0.3 is 0 Å². The summed E-state index contributed by atoms with van der Waals surface area (Å²) in [5.74, 6) is 1.10. The van der Waals surface area contributed by atoms with Crippen molar-refractivity contribution in [1.29, 1.82) is 0 Å². The maximum atomic E-state index is 12.9. The van der Waals surface area contributed by atoms with E-state index in [9.17, 15) is 4.79 Å². The van der Waals surface area contributed by atoms with E-state index >= 15 is 0 Å². The predicted molar refractivity (Wildman–Crippen MR) is 126 cm³/mol. The molecule has 4 aromatic rings. The number of aromatic nitrogens is 4. The minimum Gasteiger partial charge on any atom is -0.356 e. The standard InChI is InChI=1S/C24H25N7O/c1-30-15-20(14-28-30)16-2-3-18-13-27-22(11-19(18)10-16)29-24(32)17-4-7-26-23(12-17)31-8-5-21(25)6-9-31/h2-4,7,10-15,21H,5-6,8-9,25H2,1H3,(H,27,29,32). The minimum absolute atomic E-state index is 0.211. The van der Waals surface area contributed by atoms with Crippen molar-refractivity contribution in [3.63, 3.8) is 0 Å². The van der Waals surface area contributed by atoms with Crippen molar-refractivity contribution in [3.05, 3.63) is 66.7 Å². The number of hydrogen-bond acceptors (Lipinski definition) is 6. The van der Waals surface area contributed by atoms with Gasteiger partial charge in [0.15, 0.2) is 0 Å². The van der Waals surface area contributed by atoms with E-state index in [1.54, 1.807) is 23.1 Å². The fourth-order valence-electron chi connectivity index (χ4n) is 4.01. The summed E-state index contributed by atoms with van der Waals surface area (Å²) in [6.45, 7) is 1.70. The average molecular weight is 428 g/mol. The summed E-state index contributed by atoms with van der Waals surface area (Å²) in [6, 6.07) is 11.8. The Balaban J connectivity index is 1.36. The maximum absolute atomic E-state index is 12.9. The van der Waals surface area contributed by atoms with Gasteiger partial charge in [-0.3, -0.25) is 9.48 Å². The number of nitrogens with zero attached hydrogens (tertiary/aromatic N) is 5. The van der Waals surface area contributed by atoms with E-state index in [0.29, 0.717) is 11.4 Å². The normalized spacial score (nSPS) is 14.6. The third-order valence-corrected chi connectivity index (χ3v) is 5.87. The van der Waals surface area contributed by atoms with Crippen LogP contribution in [0, 0.1) is 0 Å². The maximum Gasteiger partial charge on any atom is 0.257 e. The molecule has 0 saturated carbocycles. The number of pyridine rings is 2. The molecule has 1 aromatic carbocycles. The molecular formula is C24H25N7O. The number of nitrogens with one attached hydrogen (secondary N) is 1. The molecule has 0 unspecified atom stereocenters. The lowest BCUT2D eigenvalue weighted by Crippen LogP contribution is -2.40. The van der Waals surface area contributed by atoms with E-state index in [2.05, 4.69) is 31.3 Å². The number of carbonyl (C=O) groups is 1. The largest absolute Gasteiger partial charge is 0.356 e. The molecule has 1 fully saturated rings. The Morgan fingerprint density at radius 2 is 1.88 bits per heavy atom. The number of amides is 1. The summed E-state index contributed by atoms with van der Waals surface area (Å²) in [4.78, 5) is 23.9. The average Bonchev–Trinajstić information content (AvgIpc) is 3.25. The number of piperidine rings is 1. The molecule has 0 radical (unpaired) electrons. The highest BCUT2D eigenvalue weighted by atomic mass is 16.1. The third-order valence-electron chi connectivity index (χ3n) is 5.87. The second kappa shape index (κ2) is 8.39. The Kier molecular flexibility index (Phi) is 5.28. The van der Waals surface area contributed by atoms with E-state index in [0.717, 1.165) is 53.6 Å². The SMILES string of the molecule is Cn1cc(-c2ccc3cnc(NC(=O)c4ccnc(N5CCC(N)CC5)c4)cc3c2)cn1. The quantitative estimate of drug-likeness (QED) is 0.519. The minimum atomic E-state index is -0.211. The number of fused-ring (bicyclic) bond motifs is 1. The molecular weight excluding hydrogens is 402 g/mol. The highest BCUT2D eigenvalue weighted by Gasteiger charge is 2.18. The number of hydrogen-bond donors (Lipinski definition) is 2. The fourth-order valence-corrected chi connectivity index (χ4v) is 4.01. The number of carbonyl (C=O) groups excluding carboxylic acids is 1. The zero-order valence-corrected chi connectivity index (χ0v) is 17.9. The number of aryl methyl sites for hydroxylation is 1. The van der Waals surface area contributed by atoms with Crippen molar-refractivity contribution in [1.82, 2.24) is 19.7 Å². The van der Waals surface area contributed by atoms with Crippen LogP contribution in [0.1, 0.15) is 23.2 Å². The number of rotatable bonds is 4. The van der Waals surface area contributed by atoms with Crippen molar-refractivity contribution < 1.29 is 4.79 Å². The first-order valence-corrected chi connectivity index (χ1v) is 10.7. The molecule has 8 nitrogen and oxygen atoms in total. The van der Waals surface area contributed by atoms with E-state index < -0.39 is 0 Å². The summed E-state index contributed by atoms with van der Waals surface area (Å²) in [7, 11) is 1.90. The van der Waals surface area contributed by atoms with Gasteiger partial charge in [0.05, 0.1) is 6.20 Å². The first-order chi connectivity index (χ1) is 15.5. The molecule has 1 amide bonds. The molecule has 3 N–H and O–H groups in total. The Hall–Kier alpha value is -3.78. The highest BCUT2D eigenvalue weighted by molar-refractivity contribution is 6.05. The monoisotopic (exact) mass is 427 g/mol. The summed E-state index contributed by atoms with van der Waals surface area (Å²) < 4.78 is 1.78. The second-order valence-electron chi connectivity index (χ2n) is 8.22.